The predicted octanol–water partition coefficient (Wildman–Crippen LogP) is 5.90. The lowest BCUT2D eigenvalue weighted by atomic mass is 9.80. The first-order valence-electron chi connectivity index (χ1n) is 8.55. The zero-order chi connectivity index (χ0) is 15.5. The monoisotopic (exact) mass is 294 g/mol. The van der Waals surface area contributed by atoms with Crippen LogP contribution in [0, 0.1) is 6.92 Å². The van der Waals surface area contributed by atoms with E-state index in [1.165, 1.54) is 48.8 Å². The van der Waals surface area contributed by atoms with Gasteiger partial charge in [-0.05, 0) is 36.8 Å². The Balaban J connectivity index is 1.99. The van der Waals surface area contributed by atoms with E-state index in [0.717, 1.165) is 5.56 Å². The molecule has 1 aliphatic rings. The molecule has 1 fully saturated rings. The van der Waals surface area contributed by atoms with Gasteiger partial charge in [-0.15, -0.1) is 0 Å². The molecular formula is C21H26O. The fourth-order valence-electron chi connectivity index (χ4n) is 3.81. The van der Waals surface area contributed by atoms with Crippen molar-refractivity contribution in [2.75, 3.05) is 0 Å². The van der Waals surface area contributed by atoms with E-state index < -0.39 is 0 Å². The molecule has 116 valence electrons. The van der Waals surface area contributed by atoms with Crippen LogP contribution in [0.15, 0.2) is 42.5 Å². The van der Waals surface area contributed by atoms with Crippen LogP contribution in [-0.2, 0) is 0 Å². The number of aromatic hydroxyl groups is 1. The van der Waals surface area contributed by atoms with Gasteiger partial charge in [0.2, 0.25) is 0 Å². The highest BCUT2D eigenvalue weighted by atomic mass is 16.3. The topological polar surface area (TPSA) is 20.2 Å². The number of benzene rings is 2. The largest absolute Gasteiger partial charge is 0.507 e. The Morgan fingerprint density at radius 2 is 1.68 bits per heavy atom. The Kier molecular flexibility index (Phi) is 4.52. The summed E-state index contributed by atoms with van der Waals surface area (Å²) in [5.41, 5.74) is 4.78. The predicted molar refractivity (Wildman–Crippen MR) is 92.6 cm³/mol. The van der Waals surface area contributed by atoms with Crippen molar-refractivity contribution in [3.63, 3.8) is 0 Å². The smallest absolute Gasteiger partial charge is 0.122 e. The van der Waals surface area contributed by atoms with E-state index >= 15 is 0 Å². The number of phenolic OH excluding ortho intramolecular Hbond substituents is 1. The second-order valence-electron chi connectivity index (χ2n) is 6.76. The van der Waals surface area contributed by atoms with Crippen molar-refractivity contribution in [1.29, 1.82) is 0 Å². The minimum absolute atomic E-state index is 0.225. The molecule has 2 aromatic carbocycles. The summed E-state index contributed by atoms with van der Waals surface area (Å²) in [6.07, 6.45) is 6.37. The lowest BCUT2D eigenvalue weighted by Gasteiger charge is -2.25. The summed E-state index contributed by atoms with van der Waals surface area (Å²) < 4.78 is 0. The molecule has 0 radical (unpaired) electrons. The molecule has 1 heteroatoms. The van der Waals surface area contributed by atoms with Crippen LogP contribution in [0.5, 0.6) is 5.75 Å². The van der Waals surface area contributed by atoms with Gasteiger partial charge in [0, 0.05) is 11.5 Å². The van der Waals surface area contributed by atoms with Gasteiger partial charge in [-0.25, -0.2) is 0 Å². The molecular weight excluding hydrogens is 268 g/mol. The molecule has 0 bridgehead atoms. The van der Waals surface area contributed by atoms with Gasteiger partial charge in [0.05, 0.1) is 0 Å². The van der Waals surface area contributed by atoms with E-state index in [-0.39, 0.29) is 5.92 Å². The first kappa shape index (κ1) is 15.1. The minimum atomic E-state index is 0.225. The van der Waals surface area contributed by atoms with Crippen molar-refractivity contribution in [2.45, 2.75) is 57.8 Å². The third-order valence-corrected chi connectivity index (χ3v) is 5.12. The summed E-state index contributed by atoms with van der Waals surface area (Å²) in [5.74, 6) is 1.30. The van der Waals surface area contributed by atoms with Crippen molar-refractivity contribution in [3.8, 4) is 5.75 Å². The summed E-state index contributed by atoms with van der Waals surface area (Å²) in [4.78, 5) is 0. The first-order valence-corrected chi connectivity index (χ1v) is 8.55. The van der Waals surface area contributed by atoms with E-state index in [2.05, 4.69) is 50.2 Å². The Morgan fingerprint density at radius 1 is 1.00 bits per heavy atom. The Bertz CT molecular complexity index is 624. The molecule has 3 rings (SSSR count). The standard InChI is InChI=1S/C21H26O/c1-15-13-19(16(2)17-9-5-3-6-10-17)21(22)20(14-15)18-11-7-4-8-12-18/h3,5-6,9-10,13-14,16,18,22H,4,7-8,11-12H2,1-2H3. The highest BCUT2D eigenvalue weighted by Gasteiger charge is 2.22. The zero-order valence-electron chi connectivity index (χ0n) is 13.7. The van der Waals surface area contributed by atoms with Crippen molar-refractivity contribution in [3.05, 3.63) is 64.7 Å². The lowest BCUT2D eigenvalue weighted by molar-refractivity contribution is 0.410. The molecule has 1 saturated carbocycles. The molecule has 0 aliphatic heterocycles. The van der Waals surface area contributed by atoms with Gasteiger partial charge < -0.3 is 5.11 Å². The van der Waals surface area contributed by atoms with Gasteiger partial charge in [-0.3, -0.25) is 0 Å². The number of phenols is 1. The van der Waals surface area contributed by atoms with Gasteiger partial charge in [-0.1, -0.05) is 74.2 Å². The fraction of sp³-hybridized carbons (Fsp3) is 0.429. The van der Waals surface area contributed by atoms with Gasteiger partial charge >= 0.3 is 0 Å². The van der Waals surface area contributed by atoms with E-state index in [0.29, 0.717) is 11.7 Å². The van der Waals surface area contributed by atoms with Gasteiger partial charge in [-0.2, -0.15) is 0 Å². The van der Waals surface area contributed by atoms with Crippen LogP contribution in [0.4, 0.5) is 0 Å². The fourth-order valence-corrected chi connectivity index (χ4v) is 3.81. The third kappa shape index (κ3) is 3.04. The van der Waals surface area contributed by atoms with Crippen LogP contribution < -0.4 is 0 Å². The van der Waals surface area contributed by atoms with E-state index in [9.17, 15) is 5.11 Å². The molecule has 1 unspecified atom stereocenters. The Labute approximate surface area is 134 Å². The number of rotatable bonds is 3. The Hall–Kier alpha value is -1.76. The summed E-state index contributed by atoms with van der Waals surface area (Å²) in [6, 6.07) is 14.8. The van der Waals surface area contributed by atoms with Gasteiger partial charge in [0.15, 0.2) is 0 Å². The Morgan fingerprint density at radius 3 is 2.36 bits per heavy atom. The molecule has 2 aromatic rings. The zero-order valence-corrected chi connectivity index (χ0v) is 13.7. The summed E-state index contributed by atoms with van der Waals surface area (Å²) >= 11 is 0. The molecule has 0 spiro atoms. The maximum Gasteiger partial charge on any atom is 0.122 e. The van der Waals surface area contributed by atoms with Crippen molar-refractivity contribution in [1.82, 2.24) is 0 Å². The van der Waals surface area contributed by atoms with E-state index in [4.69, 9.17) is 0 Å². The molecule has 1 atom stereocenters. The highest BCUT2D eigenvalue weighted by Crippen LogP contribution is 2.42. The highest BCUT2D eigenvalue weighted by molar-refractivity contribution is 5.49. The summed E-state index contributed by atoms with van der Waals surface area (Å²) in [6.45, 7) is 4.33. The van der Waals surface area contributed by atoms with Crippen LogP contribution in [0.2, 0.25) is 0 Å². The second-order valence-corrected chi connectivity index (χ2v) is 6.76. The van der Waals surface area contributed by atoms with Crippen LogP contribution in [0.25, 0.3) is 0 Å². The van der Waals surface area contributed by atoms with Crippen LogP contribution in [0.3, 0.4) is 0 Å². The third-order valence-electron chi connectivity index (χ3n) is 5.12. The molecule has 1 aliphatic carbocycles. The molecule has 1 nitrogen and oxygen atoms in total. The summed E-state index contributed by atoms with van der Waals surface area (Å²) in [7, 11) is 0. The van der Waals surface area contributed by atoms with Gasteiger partial charge in [0.25, 0.3) is 0 Å². The number of hydrogen-bond acceptors (Lipinski definition) is 1. The molecule has 0 aromatic heterocycles. The van der Waals surface area contributed by atoms with Crippen LogP contribution in [-0.4, -0.2) is 5.11 Å². The average Bonchev–Trinajstić information content (AvgIpc) is 2.57. The van der Waals surface area contributed by atoms with E-state index in [1.807, 2.05) is 6.07 Å². The average molecular weight is 294 g/mol. The van der Waals surface area contributed by atoms with Crippen LogP contribution in [0.1, 0.15) is 73.1 Å². The van der Waals surface area contributed by atoms with Crippen molar-refractivity contribution < 1.29 is 5.11 Å². The normalized spacial score (nSPS) is 17.4. The van der Waals surface area contributed by atoms with Gasteiger partial charge in [0.1, 0.15) is 5.75 Å². The SMILES string of the molecule is Cc1cc(C2CCCCC2)c(O)c(C(C)c2ccccc2)c1. The molecule has 1 N–H and O–H groups in total. The number of aryl methyl sites for hydroxylation is 1. The molecule has 0 amide bonds. The lowest BCUT2D eigenvalue weighted by Crippen LogP contribution is -2.07. The minimum Gasteiger partial charge on any atom is -0.507 e. The number of hydrogen-bond donors (Lipinski definition) is 1. The van der Waals surface area contributed by atoms with Crippen molar-refractivity contribution in [2.24, 2.45) is 0 Å². The molecule has 0 heterocycles. The quantitative estimate of drug-likeness (QED) is 0.747. The molecule has 22 heavy (non-hydrogen) atoms. The van der Waals surface area contributed by atoms with E-state index in [1.54, 1.807) is 0 Å². The first-order chi connectivity index (χ1) is 10.7. The van der Waals surface area contributed by atoms with Crippen LogP contribution >= 0.6 is 0 Å². The van der Waals surface area contributed by atoms with Crippen molar-refractivity contribution >= 4 is 0 Å². The maximum atomic E-state index is 10.9. The summed E-state index contributed by atoms with van der Waals surface area (Å²) in [5, 5.41) is 10.9. The second kappa shape index (κ2) is 6.56. The maximum absolute atomic E-state index is 10.9. The molecule has 0 saturated heterocycles.